The van der Waals surface area contributed by atoms with E-state index >= 15 is 0 Å². The number of hydrogen-bond donors (Lipinski definition) is 0. The van der Waals surface area contributed by atoms with E-state index in [0.29, 0.717) is 12.5 Å². The maximum Gasteiger partial charge on any atom is 0.254 e. The highest BCUT2D eigenvalue weighted by atomic mass is 19.1. The van der Waals surface area contributed by atoms with Gasteiger partial charge in [0.1, 0.15) is 11.6 Å². The van der Waals surface area contributed by atoms with Gasteiger partial charge in [-0.25, -0.2) is 8.78 Å². The van der Waals surface area contributed by atoms with Crippen LogP contribution in [0.2, 0.25) is 0 Å². The number of rotatable bonds is 4. The van der Waals surface area contributed by atoms with E-state index in [-0.39, 0.29) is 12.1 Å². The van der Waals surface area contributed by atoms with Crippen LogP contribution in [-0.2, 0) is 0 Å². The van der Waals surface area contributed by atoms with Crippen LogP contribution in [0, 0.1) is 29.9 Å². The molecule has 0 atom stereocenters. The van der Waals surface area contributed by atoms with Gasteiger partial charge in [-0.3, -0.25) is 4.79 Å². The molecule has 1 amide bonds. The minimum absolute atomic E-state index is 0.00315. The maximum atomic E-state index is 13.1. The second-order valence-corrected chi connectivity index (χ2v) is 4.49. The molecular formula is C14H13F2NO. The first-order chi connectivity index (χ1) is 8.60. The van der Waals surface area contributed by atoms with Crippen LogP contribution in [0.1, 0.15) is 23.2 Å². The van der Waals surface area contributed by atoms with Gasteiger partial charge in [-0.1, -0.05) is 5.92 Å². The minimum atomic E-state index is -0.759. The molecule has 1 saturated carbocycles. The first-order valence-corrected chi connectivity index (χ1v) is 5.79. The second kappa shape index (κ2) is 5.18. The number of hydrogen-bond acceptors (Lipinski definition) is 1. The molecule has 0 spiro atoms. The van der Waals surface area contributed by atoms with Crippen molar-refractivity contribution in [1.82, 2.24) is 4.90 Å². The zero-order chi connectivity index (χ0) is 13.1. The van der Waals surface area contributed by atoms with Crippen LogP contribution in [0.15, 0.2) is 18.2 Å². The Morgan fingerprint density at radius 1 is 1.33 bits per heavy atom. The molecule has 1 aromatic carbocycles. The molecule has 0 aliphatic heterocycles. The molecule has 0 unspecified atom stereocenters. The van der Waals surface area contributed by atoms with E-state index in [4.69, 9.17) is 6.42 Å². The molecule has 0 radical (unpaired) electrons. The van der Waals surface area contributed by atoms with E-state index in [2.05, 4.69) is 5.92 Å². The Hall–Kier alpha value is -1.89. The van der Waals surface area contributed by atoms with Crippen molar-refractivity contribution in [2.75, 3.05) is 13.1 Å². The third kappa shape index (κ3) is 3.07. The van der Waals surface area contributed by atoms with Crippen molar-refractivity contribution in [2.24, 2.45) is 5.92 Å². The molecule has 2 nitrogen and oxygen atoms in total. The normalized spacial score (nSPS) is 14.1. The Bertz CT molecular complexity index is 483. The predicted molar refractivity (Wildman–Crippen MR) is 63.8 cm³/mol. The lowest BCUT2D eigenvalue weighted by Crippen LogP contribution is -2.33. The number of halogens is 2. The van der Waals surface area contributed by atoms with Crippen LogP contribution < -0.4 is 0 Å². The van der Waals surface area contributed by atoms with Gasteiger partial charge in [0.15, 0.2) is 0 Å². The quantitative estimate of drug-likeness (QED) is 0.751. The van der Waals surface area contributed by atoms with Gasteiger partial charge in [0.05, 0.1) is 6.54 Å². The summed E-state index contributed by atoms with van der Waals surface area (Å²) >= 11 is 0. The van der Waals surface area contributed by atoms with Crippen molar-refractivity contribution in [3.8, 4) is 12.3 Å². The van der Waals surface area contributed by atoms with Gasteiger partial charge < -0.3 is 4.90 Å². The lowest BCUT2D eigenvalue weighted by molar-refractivity contribution is 0.0768. The number of benzene rings is 1. The smallest absolute Gasteiger partial charge is 0.254 e. The highest BCUT2D eigenvalue weighted by Crippen LogP contribution is 2.30. The summed E-state index contributed by atoms with van der Waals surface area (Å²) in [6.45, 7) is 0.717. The van der Waals surface area contributed by atoms with Crippen LogP contribution in [-0.4, -0.2) is 23.9 Å². The first-order valence-electron chi connectivity index (χ1n) is 5.79. The fourth-order valence-electron chi connectivity index (χ4n) is 1.80. The summed E-state index contributed by atoms with van der Waals surface area (Å²) in [6.07, 6.45) is 7.36. The van der Waals surface area contributed by atoms with Gasteiger partial charge in [0, 0.05) is 18.2 Å². The molecule has 1 aliphatic carbocycles. The largest absolute Gasteiger partial charge is 0.327 e. The van der Waals surface area contributed by atoms with Gasteiger partial charge in [-0.2, -0.15) is 0 Å². The van der Waals surface area contributed by atoms with Crippen molar-refractivity contribution in [3.63, 3.8) is 0 Å². The SMILES string of the molecule is C#CCN(CC1CC1)C(=O)c1cc(F)cc(F)c1. The molecule has 4 heteroatoms. The van der Waals surface area contributed by atoms with E-state index in [0.717, 1.165) is 31.0 Å². The van der Waals surface area contributed by atoms with E-state index < -0.39 is 17.5 Å². The van der Waals surface area contributed by atoms with E-state index in [9.17, 15) is 13.6 Å². The maximum absolute atomic E-state index is 13.1. The van der Waals surface area contributed by atoms with Crippen molar-refractivity contribution < 1.29 is 13.6 Å². The summed E-state index contributed by atoms with van der Waals surface area (Å²) in [4.78, 5) is 13.6. The molecule has 0 heterocycles. The molecule has 1 aromatic rings. The molecule has 0 saturated heterocycles. The Morgan fingerprint density at radius 3 is 2.44 bits per heavy atom. The molecule has 0 aromatic heterocycles. The van der Waals surface area contributed by atoms with E-state index in [1.54, 1.807) is 0 Å². The van der Waals surface area contributed by atoms with Crippen LogP contribution in [0.4, 0.5) is 8.78 Å². The molecular weight excluding hydrogens is 236 g/mol. The zero-order valence-corrected chi connectivity index (χ0v) is 9.83. The molecule has 94 valence electrons. The van der Waals surface area contributed by atoms with Crippen LogP contribution in [0.5, 0.6) is 0 Å². The standard InChI is InChI=1S/C14H13F2NO/c1-2-5-17(9-10-3-4-10)14(18)11-6-12(15)8-13(16)7-11/h1,6-8,10H,3-5,9H2. The first kappa shape index (κ1) is 12.6. The summed E-state index contributed by atoms with van der Waals surface area (Å²) in [5, 5.41) is 0. The number of amides is 1. The van der Waals surface area contributed by atoms with Gasteiger partial charge in [-0.15, -0.1) is 6.42 Å². The Balaban J connectivity index is 2.18. The number of nitrogens with zero attached hydrogens (tertiary/aromatic N) is 1. The lowest BCUT2D eigenvalue weighted by Gasteiger charge is -2.20. The van der Waals surface area contributed by atoms with Crippen molar-refractivity contribution >= 4 is 5.91 Å². The summed E-state index contributed by atoms with van der Waals surface area (Å²) in [5.74, 6) is 0.935. The third-order valence-electron chi connectivity index (χ3n) is 2.85. The summed E-state index contributed by atoms with van der Waals surface area (Å²) in [5.41, 5.74) is 0.00315. The van der Waals surface area contributed by atoms with E-state index in [1.165, 1.54) is 4.90 Å². The summed E-state index contributed by atoms with van der Waals surface area (Å²) < 4.78 is 26.1. The molecule has 1 fully saturated rings. The zero-order valence-electron chi connectivity index (χ0n) is 9.83. The number of carbonyl (C=O) groups is 1. The molecule has 1 aliphatic rings. The average molecular weight is 249 g/mol. The van der Waals surface area contributed by atoms with Crippen LogP contribution in [0.25, 0.3) is 0 Å². The lowest BCUT2D eigenvalue weighted by atomic mass is 10.1. The van der Waals surface area contributed by atoms with Gasteiger partial charge in [-0.05, 0) is 30.9 Å². The Morgan fingerprint density at radius 2 is 1.94 bits per heavy atom. The molecule has 0 N–H and O–H groups in total. The van der Waals surface area contributed by atoms with Gasteiger partial charge >= 0.3 is 0 Å². The molecule has 0 bridgehead atoms. The van der Waals surface area contributed by atoms with Crippen molar-refractivity contribution in [2.45, 2.75) is 12.8 Å². The fourth-order valence-corrected chi connectivity index (χ4v) is 1.80. The summed E-state index contributed by atoms with van der Waals surface area (Å²) in [7, 11) is 0. The third-order valence-corrected chi connectivity index (χ3v) is 2.85. The Labute approximate surface area is 105 Å². The highest BCUT2D eigenvalue weighted by molar-refractivity contribution is 5.94. The predicted octanol–water partition coefficient (Wildman–Crippen LogP) is 2.45. The second-order valence-electron chi connectivity index (χ2n) is 4.49. The Kier molecular flexibility index (Phi) is 3.61. The highest BCUT2D eigenvalue weighted by Gasteiger charge is 2.27. The van der Waals surface area contributed by atoms with E-state index in [1.807, 2.05) is 0 Å². The fraction of sp³-hybridized carbons (Fsp3) is 0.357. The average Bonchev–Trinajstić information content (AvgIpc) is 3.10. The van der Waals surface area contributed by atoms with Crippen LogP contribution in [0.3, 0.4) is 0 Å². The number of carbonyl (C=O) groups excluding carboxylic acids is 1. The molecule has 2 rings (SSSR count). The monoisotopic (exact) mass is 249 g/mol. The summed E-state index contributed by atoms with van der Waals surface area (Å²) in [6, 6.07) is 2.80. The van der Waals surface area contributed by atoms with Gasteiger partial charge in [0.2, 0.25) is 0 Å². The van der Waals surface area contributed by atoms with Gasteiger partial charge in [0.25, 0.3) is 5.91 Å². The van der Waals surface area contributed by atoms with Crippen molar-refractivity contribution in [1.29, 1.82) is 0 Å². The van der Waals surface area contributed by atoms with Crippen LogP contribution >= 0.6 is 0 Å². The minimum Gasteiger partial charge on any atom is -0.327 e. The van der Waals surface area contributed by atoms with Crippen molar-refractivity contribution in [3.05, 3.63) is 35.4 Å². The topological polar surface area (TPSA) is 20.3 Å². The number of terminal acetylenes is 1. The molecule has 18 heavy (non-hydrogen) atoms.